The van der Waals surface area contributed by atoms with Crippen LogP contribution < -0.4 is 0 Å². The fourth-order valence-corrected chi connectivity index (χ4v) is 3.63. The summed E-state index contributed by atoms with van der Waals surface area (Å²) in [5.74, 6) is -5.76. The van der Waals surface area contributed by atoms with Gasteiger partial charge in [0.2, 0.25) is 11.6 Å². The van der Waals surface area contributed by atoms with Crippen LogP contribution >= 0.6 is 0 Å². The molecule has 2 aliphatic rings. The van der Waals surface area contributed by atoms with Gasteiger partial charge in [0, 0.05) is 0 Å². The van der Waals surface area contributed by atoms with E-state index < -0.39 is 112 Å². The fraction of sp³-hybridized carbons (Fsp3) is 0.944. The maximum absolute atomic E-state index is 11.3. The second kappa shape index (κ2) is 11.9. The molecule has 0 radical (unpaired) electrons. The predicted molar refractivity (Wildman–Crippen MR) is 103 cm³/mol. The van der Waals surface area contributed by atoms with Gasteiger partial charge in [0.1, 0.15) is 74.8 Å². The van der Waals surface area contributed by atoms with Crippen molar-refractivity contribution in [2.24, 2.45) is 0 Å². The lowest BCUT2D eigenvalue weighted by molar-refractivity contribution is -0.308. The number of carbonyl (C=O) groups excluding carboxylic acids is 1. The lowest BCUT2D eigenvalue weighted by Gasteiger charge is -2.33. The number of hydrogen-bond donors (Lipinski definition) is 11. The van der Waals surface area contributed by atoms with Gasteiger partial charge in [-0.25, -0.2) is 0 Å². The van der Waals surface area contributed by atoms with Crippen LogP contribution in [-0.4, -0.2) is 168 Å². The second-order valence-electron chi connectivity index (χ2n) is 8.06. The number of aliphatic hydroxyl groups is 11. The summed E-state index contributed by atoms with van der Waals surface area (Å²) in [6.45, 7) is -5.49. The quantitative estimate of drug-likeness (QED) is 0.111. The third kappa shape index (κ3) is 5.56. The van der Waals surface area contributed by atoms with Crippen LogP contribution in [0.2, 0.25) is 0 Å². The molecule has 0 aromatic rings. The smallest absolute Gasteiger partial charge is 0.221 e. The third-order valence-electron chi connectivity index (χ3n) is 5.83. The van der Waals surface area contributed by atoms with E-state index in [0.717, 1.165) is 0 Å². The van der Waals surface area contributed by atoms with Crippen molar-refractivity contribution in [3.63, 3.8) is 0 Å². The topological polar surface area (TPSA) is 277 Å². The van der Waals surface area contributed by atoms with E-state index in [2.05, 4.69) is 0 Å². The highest BCUT2D eigenvalue weighted by Gasteiger charge is 2.59. The zero-order chi connectivity index (χ0) is 25.8. The van der Waals surface area contributed by atoms with Gasteiger partial charge in [0.05, 0.1) is 19.8 Å². The number of aliphatic hydroxyl groups excluding tert-OH is 11. The maximum atomic E-state index is 11.3. The van der Waals surface area contributed by atoms with E-state index >= 15 is 0 Å². The molecule has 11 N–H and O–H groups in total. The van der Waals surface area contributed by atoms with Crippen molar-refractivity contribution in [3.05, 3.63) is 0 Å². The molecule has 0 unspecified atom stereocenters. The van der Waals surface area contributed by atoms with E-state index in [-0.39, 0.29) is 0 Å². The Balaban J connectivity index is 2.04. The predicted octanol–water partition coefficient (Wildman–Crippen LogP) is -7.73. The van der Waals surface area contributed by atoms with Gasteiger partial charge in [0.15, 0.2) is 5.78 Å². The Morgan fingerprint density at radius 3 is 1.79 bits per heavy atom. The van der Waals surface area contributed by atoms with Gasteiger partial charge in [-0.3, -0.25) is 4.79 Å². The first-order valence-electron chi connectivity index (χ1n) is 10.3. The number of ether oxygens (including phenoxy) is 4. The lowest BCUT2D eigenvalue weighted by Crippen LogP contribution is -2.52. The molecule has 2 heterocycles. The van der Waals surface area contributed by atoms with Crippen molar-refractivity contribution in [3.8, 4) is 0 Å². The van der Waals surface area contributed by atoms with Crippen LogP contribution in [0.15, 0.2) is 0 Å². The molecule has 34 heavy (non-hydrogen) atoms. The van der Waals surface area contributed by atoms with Gasteiger partial charge in [-0.05, 0) is 0 Å². The largest absolute Gasteiger partial charge is 0.394 e. The second-order valence-corrected chi connectivity index (χ2v) is 8.06. The van der Waals surface area contributed by atoms with Gasteiger partial charge < -0.3 is 75.1 Å². The van der Waals surface area contributed by atoms with Crippen LogP contribution in [-0.2, 0) is 23.7 Å². The van der Waals surface area contributed by atoms with E-state index in [1.54, 1.807) is 0 Å². The zero-order valence-electron chi connectivity index (χ0n) is 17.9. The Labute approximate surface area is 192 Å². The van der Waals surface area contributed by atoms with Crippen molar-refractivity contribution >= 4 is 5.78 Å². The molecule has 0 aromatic heterocycles. The molecule has 16 nitrogen and oxygen atoms in total. The van der Waals surface area contributed by atoms with Crippen molar-refractivity contribution in [2.45, 2.75) is 66.5 Å². The molecule has 2 fully saturated rings. The summed E-state index contributed by atoms with van der Waals surface area (Å²) < 4.78 is 21.0. The minimum Gasteiger partial charge on any atom is -0.394 e. The van der Waals surface area contributed by atoms with E-state index in [0.29, 0.717) is 0 Å². The highest BCUT2D eigenvalue weighted by molar-refractivity contribution is 5.84. The Bertz CT molecular complexity index is 666. The summed E-state index contributed by atoms with van der Waals surface area (Å²) >= 11 is 0. The van der Waals surface area contributed by atoms with Crippen molar-refractivity contribution in [1.29, 1.82) is 0 Å². The summed E-state index contributed by atoms with van der Waals surface area (Å²) in [6, 6.07) is 0. The molecule has 0 bridgehead atoms. The van der Waals surface area contributed by atoms with Crippen LogP contribution in [0.3, 0.4) is 0 Å². The lowest BCUT2D eigenvalue weighted by atomic mass is 10.0. The highest BCUT2D eigenvalue weighted by atomic mass is 16.8. The van der Waals surface area contributed by atoms with Gasteiger partial charge >= 0.3 is 0 Å². The summed E-state index contributed by atoms with van der Waals surface area (Å²) in [5, 5.41) is 107. The maximum Gasteiger partial charge on any atom is 0.221 e. The number of ketones is 1. The molecule has 0 aromatic carbocycles. The first-order valence-corrected chi connectivity index (χ1v) is 10.3. The van der Waals surface area contributed by atoms with Crippen LogP contribution in [0.25, 0.3) is 0 Å². The zero-order valence-corrected chi connectivity index (χ0v) is 17.9. The monoisotopic (exact) mass is 504 g/mol. The summed E-state index contributed by atoms with van der Waals surface area (Å²) in [4.78, 5) is 11.3. The Hall–Kier alpha value is -0.930. The van der Waals surface area contributed by atoms with Crippen LogP contribution in [0.5, 0.6) is 0 Å². The number of carbonyl (C=O) groups is 1. The van der Waals surface area contributed by atoms with Gasteiger partial charge in [-0.15, -0.1) is 0 Å². The average Bonchev–Trinajstić information content (AvgIpc) is 3.24. The molecule has 11 atom stereocenters. The molecule has 2 saturated heterocycles. The van der Waals surface area contributed by atoms with Gasteiger partial charge in [0.25, 0.3) is 0 Å². The number of rotatable bonds is 13. The first-order chi connectivity index (χ1) is 15.9. The highest BCUT2D eigenvalue weighted by Crippen LogP contribution is 2.36. The van der Waals surface area contributed by atoms with Gasteiger partial charge in [-0.1, -0.05) is 0 Å². The molecule has 0 amide bonds. The van der Waals surface area contributed by atoms with Crippen LogP contribution in [0.4, 0.5) is 0 Å². The van der Waals surface area contributed by atoms with E-state index in [4.69, 9.17) is 24.1 Å². The van der Waals surface area contributed by atoms with E-state index in [1.165, 1.54) is 0 Å². The molecule has 200 valence electrons. The van der Waals surface area contributed by atoms with E-state index in [9.17, 15) is 55.9 Å². The third-order valence-corrected chi connectivity index (χ3v) is 5.83. The Morgan fingerprint density at radius 1 is 0.824 bits per heavy atom. The summed E-state index contributed by atoms with van der Waals surface area (Å²) in [5.41, 5.74) is 0. The molecule has 2 rings (SSSR count). The van der Waals surface area contributed by atoms with Crippen LogP contribution in [0.1, 0.15) is 0 Å². The molecular weight excluding hydrogens is 472 g/mol. The Morgan fingerprint density at radius 2 is 1.32 bits per heavy atom. The molecule has 0 aliphatic carbocycles. The SMILES string of the molecule is O=C(CO)[C@@H](O)[C@H](O)[C@H](O)CO[C@]1(CO)O[C@H](CO[C@]2(CO)O[C@H](CO)[C@@H](O)[C@@H]2O)[C@@H](O)[C@@H]1O. The van der Waals surface area contributed by atoms with Crippen LogP contribution in [0, 0.1) is 0 Å². The molecule has 16 heteroatoms. The Kier molecular flexibility index (Phi) is 10.2. The molecular formula is C18H32O16. The summed E-state index contributed by atoms with van der Waals surface area (Å²) in [7, 11) is 0. The minimum absolute atomic E-state index is 0.694. The summed E-state index contributed by atoms with van der Waals surface area (Å²) in [6.07, 6.45) is -16.1. The normalized spacial score (nSPS) is 40.9. The van der Waals surface area contributed by atoms with Crippen molar-refractivity contribution in [2.75, 3.05) is 39.6 Å². The first kappa shape index (κ1) is 29.3. The van der Waals surface area contributed by atoms with E-state index in [1.807, 2.05) is 0 Å². The number of Topliss-reactive ketones (excluding diaryl/α,β-unsaturated/α-hetero) is 1. The minimum atomic E-state index is -2.37. The van der Waals surface area contributed by atoms with Crippen molar-refractivity contribution in [1.82, 2.24) is 0 Å². The molecule has 0 saturated carbocycles. The van der Waals surface area contributed by atoms with Gasteiger partial charge in [-0.2, -0.15) is 0 Å². The number of hydrogen-bond acceptors (Lipinski definition) is 16. The average molecular weight is 504 g/mol. The fourth-order valence-electron chi connectivity index (χ4n) is 3.63. The molecule has 2 aliphatic heterocycles. The van der Waals surface area contributed by atoms with Crippen molar-refractivity contribution < 1.29 is 79.9 Å². The standard InChI is InChI=1S/C18H32O16/c19-1-7(23)11(25)12(26)8(24)3-31-17(5-21)16(30)14(28)10(34-17)4-32-18(6-22)15(29)13(27)9(2-20)33-18/h8-16,19-22,24-30H,1-6H2/t8-,9-,10-,11-,12-,13-,14-,15+,16+,17-,18-/m1/s1. The molecule has 0 spiro atoms.